The molecule has 2 amide bonds. The molecular weight excluding hydrogens is 292 g/mol. The number of carbonyl (C=O) groups is 2. The predicted octanol–water partition coefficient (Wildman–Crippen LogP) is 2.04. The van der Waals surface area contributed by atoms with Crippen LogP contribution in [0.15, 0.2) is 0 Å². The molecular formula is C14H24N2O2S2. The lowest BCUT2D eigenvalue weighted by Crippen LogP contribution is -2.49. The summed E-state index contributed by atoms with van der Waals surface area (Å²) in [5.74, 6) is 2.66. The highest BCUT2D eigenvalue weighted by molar-refractivity contribution is 8.00. The van der Waals surface area contributed by atoms with Gasteiger partial charge in [0.15, 0.2) is 0 Å². The van der Waals surface area contributed by atoms with E-state index in [4.69, 9.17) is 0 Å². The molecule has 1 saturated heterocycles. The molecule has 0 spiro atoms. The van der Waals surface area contributed by atoms with Crippen LogP contribution in [0.1, 0.15) is 33.1 Å². The van der Waals surface area contributed by atoms with Crippen molar-refractivity contribution in [1.82, 2.24) is 9.80 Å². The van der Waals surface area contributed by atoms with Gasteiger partial charge in [-0.15, -0.1) is 11.8 Å². The van der Waals surface area contributed by atoms with Gasteiger partial charge in [-0.05, 0) is 25.0 Å². The van der Waals surface area contributed by atoms with Crippen LogP contribution in [-0.2, 0) is 9.59 Å². The zero-order valence-corrected chi connectivity index (χ0v) is 14.1. The van der Waals surface area contributed by atoms with E-state index in [1.807, 2.05) is 23.7 Å². The molecule has 0 aromatic carbocycles. The second-order valence-corrected chi connectivity index (χ2v) is 8.07. The first-order valence-corrected chi connectivity index (χ1v) is 9.48. The zero-order chi connectivity index (χ0) is 14.7. The predicted molar refractivity (Wildman–Crippen MR) is 86.0 cm³/mol. The van der Waals surface area contributed by atoms with E-state index in [9.17, 15) is 9.59 Å². The van der Waals surface area contributed by atoms with E-state index in [1.165, 1.54) is 6.42 Å². The van der Waals surface area contributed by atoms with E-state index < -0.39 is 0 Å². The monoisotopic (exact) mass is 316 g/mol. The van der Waals surface area contributed by atoms with Gasteiger partial charge >= 0.3 is 0 Å². The molecule has 2 aliphatic rings. The number of rotatable bonds is 4. The van der Waals surface area contributed by atoms with Crippen LogP contribution < -0.4 is 0 Å². The van der Waals surface area contributed by atoms with E-state index in [0.29, 0.717) is 17.2 Å². The van der Waals surface area contributed by atoms with Gasteiger partial charge in [0.2, 0.25) is 11.8 Å². The maximum atomic E-state index is 12.6. The molecule has 0 bridgehead atoms. The van der Waals surface area contributed by atoms with Gasteiger partial charge in [-0.3, -0.25) is 9.59 Å². The van der Waals surface area contributed by atoms with E-state index in [1.54, 1.807) is 23.6 Å². The number of thioether (sulfide) groups is 2. The smallest absolute Gasteiger partial charge is 0.246 e. The molecule has 1 heterocycles. The highest BCUT2D eigenvalue weighted by Crippen LogP contribution is 2.33. The third kappa shape index (κ3) is 3.45. The molecule has 2 fully saturated rings. The standard InChI is InChI=1S/C14H24N2O2S2/c1-4-20-12-6-5-11(7-12)15(3)14(18)13-8-19-9-16(13)10(2)17/h11-13H,4-9H2,1-3H3/t11-,12-,13+/m1/s1. The molecule has 0 N–H and O–H groups in total. The van der Waals surface area contributed by atoms with Gasteiger partial charge in [0.05, 0.1) is 5.88 Å². The molecule has 2 rings (SSSR count). The van der Waals surface area contributed by atoms with Crippen molar-refractivity contribution in [2.75, 3.05) is 24.4 Å². The summed E-state index contributed by atoms with van der Waals surface area (Å²) in [7, 11) is 1.91. The number of hydrogen-bond acceptors (Lipinski definition) is 4. The van der Waals surface area contributed by atoms with E-state index >= 15 is 0 Å². The number of likely N-dealkylation sites (N-methyl/N-ethyl adjacent to an activating group) is 1. The Hall–Kier alpha value is -0.360. The molecule has 114 valence electrons. The number of amides is 2. The quantitative estimate of drug-likeness (QED) is 0.796. The summed E-state index contributed by atoms with van der Waals surface area (Å²) in [6.45, 7) is 3.74. The van der Waals surface area contributed by atoms with Crippen LogP contribution in [0.25, 0.3) is 0 Å². The minimum Gasteiger partial charge on any atom is -0.341 e. The largest absolute Gasteiger partial charge is 0.341 e. The van der Waals surface area contributed by atoms with Crippen molar-refractivity contribution in [2.24, 2.45) is 0 Å². The van der Waals surface area contributed by atoms with Gasteiger partial charge < -0.3 is 9.80 Å². The molecule has 6 heteroatoms. The van der Waals surface area contributed by atoms with Crippen molar-refractivity contribution in [3.8, 4) is 0 Å². The van der Waals surface area contributed by atoms with Crippen molar-refractivity contribution >= 4 is 35.3 Å². The summed E-state index contributed by atoms with van der Waals surface area (Å²) in [4.78, 5) is 27.8. The average molecular weight is 316 g/mol. The summed E-state index contributed by atoms with van der Waals surface area (Å²) < 4.78 is 0. The first kappa shape index (κ1) is 16.0. The van der Waals surface area contributed by atoms with E-state index in [2.05, 4.69) is 6.92 Å². The Kier molecular flexibility index (Phi) is 5.66. The molecule has 0 aromatic heterocycles. The lowest BCUT2D eigenvalue weighted by molar-refractivity contribution is -0.142. The van der Waals surface area contributed by atoms with Crippen LogP contribution >= 0.6 is 23.5 Å². The molecule has 1 aliphatic carbocycles. The second kappa shape index (κ2) is 7.07. The Morgan fingerprint density at radius 1 is 1.40 bits per heavy atom. The van der Waals surface area contributed by atoms with E-state index in [0.717, 1.165) is 24.3 Å². The summed E-state index contributed by atoms with van der Waals surface area (Å²) in [6.07, 6.45) is 3.40. The maximum Gasteiger partial charge on any atom is 0.246 e. The maximum absolute atomic E-state index is 12.6. The lowest BCUT2D eigenvalue weighted by Gasteiger charge is -2.30. The molecule has 1 aliphatic heterocycles. The summed E-state index contributed by atoms with van der Waals surface area (Å²) >= 11 is 3.67. The van der Waals surface area contributed by atoms with Crippen molar-refractivity contribution in [2.45, 2.75) is 50.4 Å². The van der Waals surface area contributed by atoms with Gasteiger partial charge in [-0.2, -0.15) is 11.8 Å². The van der Waals surface area contributed by atoms with Crippen molar-refractivity contribution in [3.05, 3.63) is 0 Å². The third-order valence-corrected chi connectivity index (χ3v) is 6.47. The molecule has 4 nitrogen and oxygen atoms in total. The van der Waals surface area contributed by atoms with Crippen LogP contribution in [0.2, 0.25) is 0 Å². The summed E-state index contributed by atoms with van der Waals surface area (Å²) in [5, 5.41) is 0.696. The molecule has 0 unspecified atom stereocenters. The van der Waals surface area contributed by atoms with Gasteiger partial charge in [-0.1, -0.05) is 6.92 Å². The normalized spacial score (nSPS) is 29.8. The first-order valence-electron chi connectivity index (χ1n) is 7.27. The second-order valence-electron chi connectivity index (χ2n) is 5.50. The Bertz CT molecular complexity index is 378. The average Bonchev–Trinajstić information content (AvgIpc) is 3.06. The Morgan fingerprint density at radius 2 is 2.15 bits per heavy atom. The fourth-order valence-corrected chi connectivity index (χ4v) is 5.37. The minimum absolute atomic E-state index is 0.00703. The van der Waals surface area contributed by atoms with Gasteiger partial charge in [0.1, 0.15) is 6.04 Å². The molecule has 3 atom stereocenters. The number of nitrogens with zero attached hydrogens (tertiary/aromatic N) is 2. The Morgan fingerprint density at radius 3 is 2.80 bits per heavy atom. The molecule has 0 radical (unpaired) electrons. The Labute approximate surface area is 130 Å². The van der Waals surface area contributed by atoms with Crippen molar-refractivity contribution in [3.63, 3.8) is 0 Å². The molecule has 20 heavy (non-hydrogen) atoms. The fraction of sp³-hybridized carbons (Fsp3) is 0.857. The van der Waals surface area contributed by atoms with Crippen LogP contribution in [0.3, 0.4) is 0 Å². The highest BCUT2D eigenvalue weighted by Gasteiger charge is 2.38. The number of hydrogen-bond donors (Lipinski definition) is 0. The third-order valence-electron chi connectivity index (χ3n) is 4.23. The topological polar surface area (TPSA) is 40.6 Å². The molecule has 0 aromatic rings. The number of carbonyl (C=O) groups excluding carboxylic acids is 2. The van der Waals surface area contributed by atoms with Crippen LogP contribution in [0, 0.1) is 0 Å². The first-order chi connectivity index (χ1) is 9.54. The van der Waals surface area contributed by atoms with E-state index in [-0.39, 0.29) is 17.9 Å². The van der Waals surface area contributed by atoms with Crippen LogP contribution in [0.4, 0.5) is 0 Å². The lowest BCUT2D eigenvalue weighted by atomic mass is 10.2. The van der Waals surface area contributed by atoms with Gasteiger partial charge in [0.25, 0.3) is 0 Å². The summed E-state index contributed by atoms with van der Waals surface area (Å²) in [5.41, 5.74) is 0. The zero-order valence-electron chi connectivity index (χ0n) is 12.5. The van der Waals surface area contributed by atoms with Gasteiger partial charge in [0, 0.05) is 31.0 Å². The van der Waals surface area contributed by atoms with Crippen molar-refractivity contribution in [1.29, 1.82) is 0 Å². The minimum atomic E-state index is -0.250. The summed E-state index contributed by atoms with van der Waals surface area (Å²) in [6, 6.07) is 0.103. The van der Waals surface area contributed by atoms with Crippen LogP contribution in [-0.4, -0.2) is 63.4 Å². The SMILES string of the molecule is CCS[C@@H]1CC[C@@H](N(C)C(=O)[C@@H]2CSCN2C(C)=O)C1. The van der Waals surface area contributed by atoms with Crippen molar-refractivity contribution < 1.29 is 9.59 Å². The van der Waals surface area contributed by atoms with Gasteiger partial charge in [-0.25, -0.2) is 0 Å². The Balaban J connectivity index is 1.93. The highest BCUT2D eigenvalue weighted by atomic mass is 32.2. The van der Waals surface area contributed by atoms with Crippen LogP contribution in [0.5, 0.6) is 0 Å². The molecule has 1 saturated carbocycles. The fourth-order valence-electron chi connectivity index (χ4n) is 3.03.